The quantitative estimate of drug-likeness (QED) is 0.899. The molecule has 0 amide bonds. The SMILES string of the molecule is CC(C)(N)CNc1nc2ccc(Br)cn2n1. The Morgan fingerprint density at radius 2 is 2.25 bits per heavy atom. The molecule has 86 valence electrons. The number of pyridine rings is 1. The van der Waals surface area contributed by atoms with Crippen molar-refractivity contribution < 1.29 is 0 Å². The molecule has 0 unspecified atom stereocenters. The second-order valence-electron chi connectivity index (χ2n) is 4.43. The minimum atomic E-state index is -0.280. The Bertz CT molecular complexity index is 499. The third-order valence-electron chi connectivity index (χ3n) is 2.00. The number of hydrogen-bond acceptors (Lipinski definition) is 4. The van der Waals surface area contributed by atoms with Crippen molar-refractivity contribution in [3.05, 3.63) is 22.8 Å². The van der Waals surface area contributed by atoms with Gasteiger partial charge < -0.3 is 11.1 Å². The molecule has 0 bridgehead atoms. The minimum absolute atomic E-state index is 0.280. The van der Waals surface area contributed by atoms with Crippen LogP contribution >= 0.6 is 15.9 Å². The first-order valence-electron chi connectivity index (χ1n) is 4.99. The normalized spacial score (nSPS) is 12.0. The fourth-order valence-corrected chi connectivity index (χ4v) is 1.57. The smallest absolute Gasteiger partial charge is 0.243 e. The van der Waals surface area contributed by atoms with Crippen LogP contribution < -0.4 is 11.1 Å². The number of nitrogens with one attached hydrogen (secondary N) is 1. The lowest BCUT2D eigenvalue weighted by Gasteiger charge is -2.17. The molecule has 16 heavy (non-hydrogen) atoms. The van der Waals surface area contributed by atoms with Gasteiger partial charge in [-0.15, -0.1) is 5.10 Å². The molecular formula is C10H14BrN5. The van der Waals surface area contributed by atoms with E-state index in [1.165, 1.54) is 0 Å². The Hall–Kier alpha value is -1.14. The Morgan fingerprint density at radius 1 is 1.50 bits per heavy atom. The van der Waals surface area contributed by atoms with Gasteiger partial charge in [0.05, 0.1) is 0 Å². The van der Waals surface area contributed by atoms with Crippen LogP contribution in [0.1, 0.15) is 13.8 Å². The van der Waals surface area contributed by atoms with Gasteiger partial charge in [0.15, 0.2) is 5.65 Å². The van der Waals surface area contributed by atoms with Crippen molar-refractivity contribution in [3.63, 3.8) is 0 Å². The summed E-state index contributed by atoms with van der Waals surface area (Å²) in [6.07, 6.45) is 1.86. The molecule has 0 saturated carbocycles. The number of nitrogens with two attached hydrogens (primary N) is 1. The van der Waals surface area contributed by atoms with Gasteiger partial charge in [0, 0.05) is 22.8 Å². The summed E-state index contributed by atoms with van der Waals surface area (Å²) >= 11 is 3.38. The number of fused-ring (bicyclic) bond motifs is 1. The third kappa shape index (κ3) is 2.70. The number of anilines is 1. The van der Waals surface area contributed by atoms with E-state index in [1.807, 2.05) is 32.2 Å². The highest BCUT2D eigenvalue weighted by atomic mass is 79.9. The van der Waals surface area contributed by atoms with Crippen LogP contribution in [0, 0.1) is 0 Å². The van der Waals surface area contributed by atoms with Crippen LogP contribution in [0.5, 0.6) is 0 Å². The highest BCUT2D eigenvalue weighted by Gasteiger charge is 2.11. The van der Waals surface area contributed by atoms with Crippen molar-refractivity contribution in [2.75, 3.05) is 11.9 Å². The summed E-state index contributed by atoms with van der Waals surface area (Å²) in [4.78, 5) is 4.32. The van der Waals surface area contributed by atoms with Gasteiger partial charge in [-0.3, -0.25) is 0 Å². The van der Waals surface area contributed by atoms with Gasteiger partial charge in [-0.1, -0.05) is 0 Å². The molecule has 0 spiro atoms. The van der Waals surface area contributed by atoms with Gasteiger partial charge >= 0.3 is 0 Å². The maximum atomic E-state index is 5.87. The van der Waals surface area contributed by atoms with E-state index >= 15 is 0 Å². The zero-order valence-electron chi connectivity index (χ0n) is 9.24. The highest BCUT2D eigenvalue weighted by molar-refractivity contribution is 9.10. The van der Waals surface area contributed by atoms with E-state index in [1.54, 1.807) is 4.52 Å². The lowest BCUT2D eigenvalue weighted by atomic mass is 10.1. The molecular weight excluding hydrogens is 270 g/mol. The van der Waals surface area contributed by atoms with Gasteiger partial charge in [-0.2, -0.15) is 4.98 Å². The molecule has 0 aliphatic rings. The monoisotopic (exact) mass is 283 g/mol. The van der Waals surface area contributed by atoms with Gasteiger partial charge in [0.2, 0.25) is 5.95 Å². The van der Waals surface area contributed by atoms with E-state index in [0.29, 0.717) is 12.5 Å². The van der Waals surface area contributed by atoms with Crippen molar-refractivity contribution >= 4 is 27.5 Å². The molecule has 0 saturated heterocycles. The molecule has 0 atom stereocenters. The van der Waals surface area contributed by atoms with E-state index < -0.39 is 0 Å². The predicted octanol–water partition coefficient (Wildman–Crippen LogP) is 1.64. The maximum absolute atomic E-state index is 5.87. The van der Waals surface area contributed by atoms with Crippen LogP contribution in [0.4, 0.5) is 5.95 Å². The molecule has 2 aromatic rings. The molecule has 0 aliphatic carbocycles. The van der Waals surface area contributed by atoms with Crippen LogP contribution in [0.25, 0.3) is 5.65 Å². The highest BCUT2D eigenvalue weighted by Crippen LogP contribution is 2.12. The first-order valence-corrected chi connectivity index (χ1v) is 5.78. The van der Waals surface area contributed by atoms with Gasteiger partial charge in [0.1, 0.15) is 0 Å². The van der Waals surface area contributed by atoms with E-state index in [4.69, 9.17) is 5.73 Å². The van der Waals surface area contributed by atoms with Gasteiger partial charge in [0.25, 0.3) is 0 Å². The largest absolute Gasteiger partial charge is 0.351 e. The molecule has 2 heterocycles. The van der Waals surface area contributed by atoms with E-state index in [-0.39, 0.29) is 5.54 Å². The number of aromatic nitrogens is 3. The molecule has 0 radical (unpaired) electrons. The lowest BCUT2D eigenvalue weighted by molar-refractivity contribution is 0.547. The topological polar surface area (TPSA) is 68.2 Å². The Kier molecular flexibility index (Phi) is 2.86. The van der Waals surface area contributed by atoms with Crippen LogP contribution in [0.2, 0.25) is 0 Å². The summed E-state index contributed by atoms with van der Waals surface area (Å²) in [5.41, 5.74) is 6.40. The fraction of sp³-hybridized carbons (Fsp3) is 0.400. The number of nitrogens with zero attached hydrogens (tertiary/aromatic N) is 3. The molecule has 2 rings (SSSR count). The molecule has 0 fully saturated rings. The average molecular weight is 284 g/mol. The summed E-state index contributed by atoms with van der Waals surface area (Å²) in [5, 5.41) is 7.40. The minimum Gasteiger partial charge on any atom is -0.351 e. The summed E-state index contributed by atoms with van der Waals surface area (Å²) < 4.78 is 2.69. The Morgan fingerprint density at radius 3 is 2.94 bits per heavy atom. The van der Waals surface area contributed by atoms with E-state index in [0.717, 1.165) is 10.1 Å². The molecule has 0 aromatic carbocycles. The second kappa shape index (κ2) is 4.03. The maximum Gasteiger partial charge on any atom is 0.243 e. The van der Waals surface area contributed by atoms with Gasteiger partial charge in [-0.05, 0) is 41.9 Å². The van der Waals surface area contributed by atoms with Crippen molar-refractivity contribution in [2.45, 2.75) is 19.4 Å². The van der Waals surface area contributed by atoms with Crippen molar-refractivity contribution in [1.82, 2.24) is 14.6 Å². The second-order valence-corrected chi connectivity index (χ2v) is 5.34. The summed E-state index contributed by atoms with van der Waals surface area (Å²) in [6.45, 7) is 4.53. The first kappa shape index (κ1) is 11.3. The van der Waals surface area contributed by atoms with Crippen LogP contribution in [-0.2, 0) is 0 Å². The predicted molar refractivity (Wildman–Crippen MR) is 67.4 cm³/mol. The van der Waals surface area contributed by atoms with Crippen molar-refractivity contribution in [1.29, 1.82) is 0 Å². The number of hydrogen-bond donors (Lipinski definition) is 2. The van der Waals surface area contributed by atoms with Crippen LogP contribution in [0.3, 0.4) is 0 Å². The summed E-state index contributed by atoms with van der Waals surface area (Å²) in [6, 6.07) is 3.83. The third-order valence-corrected chi connectivity index (χ3v) is 2.47. The number of rotatable bonds is 3. The average Bonchev–Trinajstić information content (AvgIpc) is 2.55. The van der Waals surface area contributed by atoms with Crippen molar-refractivity contribution in [3.8, 4) is 0 Å². The molecule has 0 aliphatic heterocycles. The first-order chi connectivity index (χ1) is 7.44. The molecule has 5 nitrogen and oxygen atoms in total. The Labute approximate surface area is 102 Å². The lowest BCUT2D eigenvalue weighted by Crippen LogP contribution is -2.39. The zero-order chi connectivity index (χ0) is 11.8. The molecule has 6 heteroatoms. The van der Waals surface area contributed by atoms with Crippen LogP contribution in [-0.4, -0.2) is 26.7 Å². The molecule has 2 aromatic heterocycles. The van der Waals surface area contributed by atoms with Crippen LogP contribution in [0.15, 0.2) is 22.8 Å². The van der Waals surface area contributed by atoms with E-state index in [2.05, 4.69) is 31.3 Å². The molecule has 3 N–H and O–H groups in total. The zero-order valence-corrected chi connectivity index (χ0v) is 10.8. The fourth-order valence-electron chi connectivity index (χ4n) is 1.24. The summed E-state index contributed by atoms with van der Waals surface area (Å²) in [7, 11) is 0. The number of halogens is 1. The Balaban J connectivity index is 2.20. The van der Waals surface area contributed by atoms with Gasteiger partial charge in [-0.25, -0.2) is 4.52 Å². The van der Waals surface area contributed by atoms with E-state index in [9.17, 15) is 0 Å². The summed E-state index contributed by atoms with van der Waals surface area (Å²) in [5.74, 6) is 0.594. The van der Waals surface area contributed by atoms with Crippen molar-refractivity contribution in [2.24, 2.45) is 5.73 Å². The standard InChI is InChI=1S/C10H14BrN5/c1-10(2,12)6-13-9-14-8-4-3-7(11)5-16(8)15-9/h3-5H,6,12H2,1-2H3,(H,13,15).